The summed E-state index contributed by atoms with van der Waals surface area (Å²) >= 11 is 0. The Bertz CT molecular complexity index is 256. The number of halogens is 1. The lowest BCUT2D eigenvalue weighted by Crippen LogP contribution is -2.09. The zero-order chi connectivity index (χ0) is 9.68. The Kier molecular flexibility index (Phi) is 6.25. The van der Waals surface area contributed by atoms with E-state index in [9.17, 15) is 0 Å². The van der Waals surface area contributed by atoms with Crippen LogP contribution >= 0.6 is 12.4 Å². The van der Waals surface area contributed by atoms with E-state index in [1.54, 1.807) is 0 Å². The highest BCUT2D eigenvalue weighted by molar-refractivity contribution is 5.85. The van der Waals surface area contributed by atoms with Crippen LogP contribution in [0.4, 0.5) is 5.82 Å². The number of hydrogen-bond acceptors (Lipinski definition) is 3. The molecule has 1 aromatic heterocycles. The fourth-order valence-corrected chi connectivity index (χ4v) is 1.34. The lowest BCUT2D eigenvalue weighted by Gasteiger charge is -2.03. The van der Waals surface area contributed by atoms with Crippen molar-refractivity contribution in [3.63, 3.8) is 0 Å². The molecule has 1 aromatic rings. The Labute approximate surface area is 91.5 Å². The summed E-state index contributed by atoms with van der Waals surface area (Å²) in [6.45, 7) is 3.06. The molecule has 3 nitrogen and oxygen atoms in total. The lowest BCUT2D eigenvalue weighted by atomic mass is 10.1. The predicted octanol–water partition coefficient (Wildman–Crippen LogP) is 1.55. The van der Waals surface area contributed by atoms with E-state index in [1.165, 1.54) is 5.56 Å². The molecule has 14 heavy (non-hydrogen) atoms. The summed E-state index contributed by atoms with van der Waals surface area (Å²) in [4.78, 5) is 4.26. The molecule has 1 heterocycles. The second-order valence-electron chi connectivity index (χ2n) is 3.27. The fraction of sp³-hybridized carbons (Fsp3) is 0.500. The second kappa shape index (κ2) is 6.62. The van der Waals surface area contributed by atoms with Gasteiger partial charge in [0, 0.05) is 5.69 Å². The van der Waals surface area contributed by atoms with E-state index >= 15 is 0 Å². The highest BCUT2D eigenvalue weighted by Crippen LogP contribution is 2.07. The first-order valence-corrected chi connectivity index (χ1v) is 4.60. The molecular weight excluding hydrogens is 198 g/mol. The summed E-state index contributed by atoms with van der Waals surface area (Å²) in [5, 5.41) is 3.11. The summed E-state index contributed by atoms with van der Waals surface area (Å²) in [5.41, 5.74) is 7.91. The van der Waals surface area contributed by atoms with Crippen LogP contribution in [-0.4, -0.2) is 18.6 Å². The molecule has 0 aliphatic carbocycles. The number of nitrogens with two attached hydrogens (primary N) is 1. The molecule has 1 rings (SSSR count). The van der Waals surface area contributed by atoms with Gasteiger partial charge in [-0.15, -0.1) is 12.4 Å². The van der Waals surface area contributed by atoms with Crippen LogP contribution in [0, 0.1) is 6.92 Å². The first kappa shape index (κ1) is 13.2. The smallest absolute Gasteiger partial charge is 0.123 e. The third-order valence-electron chi connectivity index (χ3n) is 1.90. The standard InChI is InChI=1S/C10H17N3.ClH/c1-8-6-9(4-3-5-12-2)13-10(11)7-8;/h6-7,12H,3-5H2,1-2H3,(H2,11,13);1H. The van der Waals surface area contributed by atoms with Crippen molar-refractivity contribution >= 4 is 18.2 Å². The molecule has 3 N–H and O–H groups in total. The lowest BCUT2D eigenvalue weighted by molar-refractivity contribution is 0.715. The number of pyridine rings is 1. The molecule has 0 saturated carbocycles. The third kappa shape index (κ3) is 4.44. The Hall–Kier alpha value is -0.800. The molecule has 0 unspecified atom stereocenters. The topological polar surface area (TPSA) is 50.9 Å². The van der Waals surface area contributed by atoms with Crippen molar-refractivity contribution < 1.29 is 0 Å². The first-order valence-electron chi connectivity index (χ1n) is 4.60. The first-order chi connectivity index (χ1) is 6.22. The maximum atomic E-state index is 5.64. The Morgan fingerprint density at radius 1 is 1.43 bits per heavy atom. The number of nitrogens with one attached hydrogen (secondary N) is 1. The average Bonchev–Trinajstić information content (AvgIpc) is 2.03. The minimum absolute atomic E-state index is 0. The monoisotopic (exact) mass is 215 g/mol. The maximum Gasteiger partial charge on any atom is 0.123 e. The van der Waals surface area contributed by atoms with E-state index in [4.69, 9.17) is 5.73 Å². The average molecular weight is 216 g/mol. The molecule has 0 bridgehead atoms. The Balaban J connectivity index is 0.00000169. The summed E-state index contributed by atoms with van der Waals surface area (Å²) in [5.74, 6) is 0.624. The summed E-state index contributed by atoms with van der Waals surface area (Å²) in [7, 11) is 1.96. The Morgan fingerprint density at radius 2 is 2.14 bits per heavy atom. The quantitative estimate of drug-likeness (QED) is 0.750. The number of nitrogen functional groups attached to an aromatic ring is 1. The predicted molar refractivity (Wildman–Crippen MR) is 62.9 cm³/mol. The second-order valence-corrected chi connectivity index (χ2v) is 3.27. The van der Waals surface area contributed by atoms with Crippen molar-refractivity contribution in [1.29, 1.82) is 0 Å². The molecule has 4 heteroatoms. The zero-order valence-corrected chi connectivity index (χ0v) is 9.53. The van der Waals surface area contributed by atoms with Crippen LogP contribution in [0.25, 0.3) is 0 Å². The van der Waals surface area contributed by atoms with Crippen molar-refractivity contribution in [2.75, 3.05) is 19.3 Å². The number of aryl methyl sites for hydroxylation is 2. The molecule has 0 spiro atoms. The van der Waals surface area contributed by atoms with Crippen LogP contribution in [0.5, 0.6) is 0 Å². The molecule has 0 aliphatic rings. The van der Waals surface area contributed by atoms with Gasteiger partial charge in [0.05, 0.1) is 0 Å². The van der Waals surface area contributed by atoms with Gasteiger partial charge < -0.3 is 11.1 Å². The number of nitrogens with zero attached hydrogens (tertiary/aromatic N) is 1. The van der Waals surface area contributed by atoms with Gasteiger partial charge >= 0.3 is 0 Å². The van der Waals surface area contributed by atoms with Crippen LogP contribution in [0.1, 0.15) is 17.7 Å². The number of aromatic nitrogens is 1. The van der Waals surface area contributed by atoms with Crippen molar-refractivity contribution in [3.8, 4) is 0 Å². The van der Waals surface area contributed by atoms with E-state index in [-0.39, 0.29) is 12.4 Å². The van der Waals surface area contributed by atoms with Crippen molar-refractivity contribution in [2.45, 2.75) is 19.8 Å². The maximum absolute atomic E-state index is 5.64. The van der Waals surface area contributed by atoms with Crippen molar-refractivity contribution in [2.24, 2.45) is 0 Å². The van der Waals surface area contributed by atoms with Crippen LogP contribution in [-0.2, 0) is 6.42 Å². The van der Waals surface area contributed by atoms with Crippen molar-refractivity contribution in [1.82, 2.24) is 10.3 Å². The molecule has 0 amide bonds. The van der Waals surface area contributed by atoms with Gasteiger partial charge in [0.2, 0.25) is 0 Å². The van der Waals surface area contributed by atoms with E-state index in [2.05, 4.69) is 16.4 Å². The third-order valence-corrected chi connectivity index (χ3v) is 1.90. The van der Waals surface area contributed by atoms with Gasteiger partial charge in [0.25, 0.3) is 0 Å². The van der Waals surface area contributed by atoms with Gasteiger partial charge in [0.1, 0.15) is 5.82 Å². The summed E-state index contributed by atoms with van der Waals surface area (Å²) in [6, 6.07) is 3.98. The van der Waals surface area contributed by atoms with E-state index in [1.807, 2.05) is 20.0 Å². The molecule has 0 radical (unpaired) electrons. The highest BCUT2D eigenvalue weighted by Gasteiger charge is 1.97. The fourth-order valence-electron chi connectivity index (χ4n) is 1.34. The number of anilines is 1. The molecule has 0 atom stereocenters. The SMILES string of the molecule is CNCCCc1cc(C)cc(N)n1.Cl. The summed E-state index contributed by atoms with van der Waals surface area (Å²) < 4.78 is 0. The zero-order valence-electron chi connectivity index (χ0n) is 8.71. The van der Waals surface area contributed by atoms with Crippen LogP contribution in [0.2, 0.25) is 0 Å². The largest absolute Gasteiger partial charge is 0.384 e. The van der Waals surface area contributed by atoms with Gasteiger partial charge in [-0.2, -0.15) is 0 Å². The molecule has 0 aliphatic heterocycles. The van der Waals surface area contributed by atoms with E-state index < -0.39 is 0 Å². The van der Waals surface area contributed by atoms with Crippen molar-refractivity contribution in [3.05, 3.63) is 23.4 Å². The number of hydrogen-bond donors (Lipinski definition) is 2. The minimum Gasteiger partial charge on any atom is -0.384 e. The Morgan fingerprint density at radius 3 is 2.71 bits per heavy atom. The van der Waals surface area contributed by atoms with Gasteiger partial charge in [0.15, 0.2) is 0 Å². The number of rotatable bonds is 4. The molecule has 0 aromatic carbocycles. The minimum atomic E-state index is 0. The van der Waals surface area contributed by atoms with E-state index in [0.29, 0.717) is 5.82 Å². The molecule has 80 valence electrons. The van der Waals surface area contributed by atoms with Crippen LogP contribution in [0.3, 0.4) is 0 Å². The van der Waals surface area contributed by atoms with Crippen LogP contribution < -0.4 is 11.1 Å². The van der Waals surface area contributed by atoms with E-state index in [0.717, 1.165) is 25.1 Å². The van der Waals surface area contributed by atoms with Gasteiger partial charge in [-0.1, -0.05) is 0 Å². The molecule has 0 fully saturated rings. The highest BCUT2D eigenvalue weighted by atomic mass is 35.5. The normalized spacial score (nSPS) is 9.57. The molecular formula is C10H18ClN3. The summed E-state index contributed by atoms with van der Waals surface area (Å²) in [6.07, 6.45) is 2.10. The van der Waals surface area contributed by atoms with Crippen LogP contribution in [0.15, 0.2) is 12.1 Å². The van der Waals surface area contributed by atoms with Gasteiger partial charge in [-0.3, -0.25) is 0 Å². The molecule has 0 saturated heterocycles. The van der Waals surface area contributed by atoms with Gasteiger partial charge in [-0.25, -0.2) is 4.98 Å². The van der Waals surface area contributed by atoms with Gasteiger partial charge in [-0.05, 0) is 51.1 Å².